The van der Waals surface area contributed by atoms with Gasteiger partial charge in [0.25, 0.3) is 0 Å². The van der Waals surface area contributed by atoms with E-state index in [1.807, 2.05) is 0 Å². The van der Waals surface area contributed by atoms with E-state index in [0.717, 1.165) is 18.2 Å². The topological polar surface area (TPSA) is 203 Å². The van der Waals surface area contributed by atoms with E-state index < -0.39 is 66.5 Å². The van der Waals surface area contributed by atoms with Crippen LogP contribution in [0.4, 0.5) is 0 Å². The first-order valence-corrected chi connectivity index (χ1v) is 9.86. The van der Waals surface area contributed by atoms with Crippen molar-refractivity contribution < 1.29 is 59.5 Å². The lowest BCUT2D eigenvalue weighted by Crippen LogP contribution is -2.60. The Morgan fingerprint density at radius 2 is 1.56 bits per heavy atom. The number of aliphatic hydroxyl groups excluding tert-OH is 3. The lowest BCUT2D eigenvalue weighted by Gasteiger charge is -2.39. The summed E-state index contributed by atoms with van der Waals surface area (Å²) in [5, 5.41) is 68.2. The second-order valence-corrected chi connectivity index (χ2v) is 7.33. The van der Waals surface area contributed by atoms with E-state index in [9.17, 15) is 45.3 Å². The molecule has 1 heterocycles. The standard InChI is InChI=1S/C22H22O12/c23-12-4-1-10(2-5-12)3-6-16(26)34-20-19(29)18(28)15(33-22(20)31)9-32-21(30)11-7-13(24)17(27)14(25)8-11/h1-8,15,18-20,22-25,27-29,31H,9H2/b6-3+. The Kier molecular flexibility index (Phi) is 7.58. The summed E-state index contributed by atoms with van der Waals surface area (Å²) in [7, 11) is 0. The van der Waals surface area contributed by atoms with Gasteiger partial charge in [-0.1, -0.05) is 12.1 Å². The lowest BCUT2D eigenvalue weighted by molar-refractivity contribution is -0.289. The number of carbonyl (C=O) groups is 2. The number of aliphatic hydroxyl groups is 3. The Hall–Kier alpha value is -3.84. The van der Waals surface area contributed by atoms with Gasteiger partial charge in [0.2, 0.25) is 0 Å². The molecule has 0 bridgehead atoms. The zero-order valence-electron chi connectivity index (χ0n) is 17.4. The van der Waals surface area contributed by atoms with E-state index in [-0.39, 0.29) is 11.3 Å². The molecule has 34 heavy (non-hydrogen) atoms. The van der Waals surface area contributed by atoms with E-state index in [4.69, 9.17) is 14.2 Å². The fourth-order valence-corrected chi connectivity index (χ4v) is 3.07. The minimum absolute atomic E-state index is 0.0407. The third-order valence-electron chi connectivity index (χ3n) is 4.90. The average Bonchev–Trinajstić information content (AvgIpc) is 2.80. The molecule has 0 aliphatic carbocycles. The van der Waals surface area contributed by atoms with Crippen LogP contribution in [0.15, 0.2) is 42.5 Å². The van der Waals surface area contributed by atoms with Crippen molar-refractivity contribution in [1.82, 2.24) is 0 Å². The van der Waals surface area contributed by atoms with Crippen LogP contribution in [0, 0.1) is 0 Å². The summed E-state index contributed by atoms with van der Waals surface area (Å²) in [6.07, 6.45) is -6.07. The summed E-state index contributed by atoms with van der Waals surface area (Å²) < 4.78 is 15.0. The molecule has 12 nitrogen and oxygen atoms in total. The van der Waals surface area contributed by atoms with E-state index in [0.29, 0.717) is 5.56 Å². The summed E-state index contributed by atoms with van der Waals surface area (Å²) in [6.45, 7) is -0.655. The fraction of sp³-hybridized carbons (Fsp3) is 0.273. The van der Waals surface area contributed by atoms with Crippen molar-refractivity contribution in [2.45, 2.75) is 30.7 Å². The number of carbonyl (C=O) groups excluding carboxylic acids is 2. The van der Waals surface area contributed by atoms with Gasteiger partial charge in [0.1, 0.15) is 30.7 Å². The zero-order valence-corrected chi connectivity index (χ0v) is 17.4. The number of hydrogen-bond acceptors (Lipinski definition) is 12. The van der Waals surface area contributed by atoms with E-state index >= 15 is 0 Å². The predicted octanol–water partition coefficient (Wildman–Crippen LogP) is -0.270. The molecule has 1 aliphatic heterocycles. The Labute approximate surface area is 192 Å². The first-order valence-electron chi connectivity index (χ1n) is 9.86. The molecule has 0 spiro atoms. The maximum absolute atomic E-state index is 12.1. The smallest absolute Gasteiger partial charge is 0.338 e. The van der Waals surface area contributed by atoms with Crippen LogP contribution in [-0.4, -0.2) is 85.0 Å². The number of benzene rings is 2. The van der Waals surface area contributed by atoms with Gasteiger partial charge in [-0.3, -0.25) is 0 Å². The number of esters is 2. The number of phenolic OH excluding ortho intramolecular Hbond substituents is 4. The molecular formula is C22H22O12. The van der Waals surface area contributed by atoms with E-state index in [2.05, 4.69) is 0 Å². The number of phenols is 4. The highest BCUT2D eigenvalue weighted by Gasteiger charge is 2.46. The monoisotopic (exact) mass is 478 g/mol. The highest BCUT2D eigenvalue weighted by atomic mass is 16.7. The van der Waals surface area contributed by atoms with Crippen molar-refractivity contribution in [2.75, 3.05) is 6.61 Å². The molecule has 5 atom stereocenters. The minimum atomic E-state index is -1.87. The van der Waals surface area contributed by atoms with Crippen LogP contribution in [0.5, 0.6) is 23.0 Å². The van der Waals surface area contributed by atoms with Gasteiger partial charge in [-0.15, -0.1) is 0 Å². The van der Waals surface area contributed by atoms with Gasteiger partial charge >= 0.3 is 11.9 Å². The number of aromatic hydroxyl groups is 4. The van der Waals surface area contributed by atoms with Crippen LogP contribution in [0.25, 0.3) is 6.08 Å². The largest absolute Gasteiger partial charge is 0.508 e. The Bertz CT molecular complexity index is 1040. The van der Waals surface area contributed by atoms with Gasteiger partial charge in [0.15, 0.2) is 29.6 Å². The highest BCUT2D eigenvalue weighted by Crippen LogP contribution is 2.35. The molecule has 5 unspecified atom stereocenters. The van der Waals surface area contributed by atoms with Gasteiger partial charge in [0, 0.05) is 6.08 Å². The van der Waals surface area contributed by atoms with Crippen LogP contribution in [-0.2, 0) is 19.0 Å². The van der Waals surface area contributed by atoms with Crippen LogP contribution >= 0.6 is 0 Å². The maximum atomic E-state index is 12.1. The maximum Gasteiger partial charge on any atom is 0.338 e. The molecule has 7 N–H and O–H groups in total. The molecule has 0 amide bonds. The SMILES string of the molecule is O=C(/C=C/c1ccc(O)cc1)OC1C(O)OC(COC(=O)c2cc(O)c(O)c(O)c2)C(O)C1O. The Balaban J connectivity index is 1.57. The quantitative estimate of drug-likeness (QED) is 0.163. The van der Waals surface area contributed by atoms with E-state index in [1.165, 1.54) is 30.3 Å². The first-order chi connectivity index (χ1) is 16.1. The summed E-state index contributed by atoms with van der Waals surface area (Å²) in [4.78, 5) is 24.1. The first kappa shape index (κ1) is 24.8. The Morgan fingerprint density at radius 1 is 0.941 bits per heavy atom. The lowest BCUT2D eigenvalue weighted by atomic mass is 9.99. The Morgan fingerprint density at radius 3 is 2.18 bits per heavy atom. The highest BCUT2D eigenvalue weighted by molar-refractivity contribution is 5.91. The second kappa shape index (κ2) is 10.4. The normalized spacial score (nSPS) is 24.6. The van der Waals surface area contributed by atoms with Gasteiger partial charge in [-0.05, 0) is 35.9 Å². The van der Waals surface area contributed by atoms with Crippen molar-refractivity contribution in [2.24, 2.45) is 0 Å². The number of rotatable bonds is 6. The molecule has 1 saturated heterocycles. The van der Waals surface area contributed by atoms with E-state index in [1.54, 1.807) is 0 Å². The third kappa shape index (κ3) is 5.74. The molecule has 1 fully saturated rings. The predicted molar refractivity (Wildman–Crippen MR) is 112 cm³/mol. The van der Waals surface area contributed by atoms with Crippen molar-refractivity contribution >= 4 is 18.0 Å². The van der Waals surface area contributed by atoms with Gasteiger partial charge in [-0.25, -0.2) is 9.59 Å². The van der Waals surface area contributed by atoms with Gasteiger partial charge in [-0.2, -0.15) is 0 Å². The molecule has 1 aliphatic rings. The molecule has 0 aromatic heterocycles. The van der Waals surface area contributed by atoms with Crippen molar-refractivity contribution in [1.29, 1.82) is 0 Å². The minimum Gasteiger partial charge on any atom is -0.508 e. The van der Waals surface area contributed by atoms with Crippen LogP contribution in [0.2, 0.25) is 0 Å². The van der Waals surface area contributed by atoms with Crippen molar-refractivity contribution in [3.05, 3.63) is 53.6 Å². The summed E-state index contributed by atoms with van der Waals surface area (Å²) in [5.41, 5.74) is 0.236. The second-order valence-electron chi connectivity index (χ2n) is 7.33. The van der Waals surface area contributed by atoms with Crippen molar-refractivity contribution in [3.8, 4) is 23.0 Å². The average molecular weight is 478 g/mol. The molecule has 0 saturated carbocycles. The fourth-order valence-electron chi connectivity index (χ4n) is 3.07. The molecule has 2 aromatic carbocycles. The zero-order chi connectivity index (χ0) is 25.0. The molecule has 182 valence electrons. The summed E-state index contributed by atoms with van der Waals surface area (Å²) in [6, 6.07) is 7.54. The summed E-state index contributed by atoms with van der Waals surface area (Å²) >= 11 is 0. The van der Waals surface area contributed by atoms with Gasteiger partial charge in [0.05, 0.1) is 5.56 Å². The molecule has 3 rings (SSSR count). The molecule has 12 heteroatoms. The van der Waals surface area contributed by atoms with Crippen LogP contribution < -0.4 is 0 Å². The van der Waals surface area contributed by atoms with Crippen LogP contribution in [0.3, 0.4) is 0 Å². The number of ether oxygens (including phenoxy) is 3. The molecule has 2 aromatic rings. The molecule has 0 radical (unpaired) electrons. The number of hydrogen-bond donors (Lipinski definition) is 7. The molecular weight excluding hydrogens is 456 g/mol. The van der Waals surface area contributed by atoms with Crippen LogP contribution in [0.1, 0.15) is 15.9 Å². The third-order valence-corrected chi connectivity index (χ3v) is 4.90. The van der Waals surface area contributed by atoms with Gasteiger partial charge < -0.3 is 50.0 Å². The summed E-state index contributed by atoms with van der Waals surface area (Å²) in [5.74, 6) is -4.35. The van der Waals surface area contributed by atoms with Crippen molar-refractivity contribution in [3.63, 3.8) is 0 Å².